The summed E-state index contributed by atoms with van der Waals surface area (Å²) in [6.45, 7) is 6.26. The van der Waals surface area contributed by atoms with Gasteiger partial charge >= 0.3 is 12.1 Å². The van der Waals surface area contributed by atoms with Crippen LogP contribution in [0, 0.1) is 0 Å². The van der Waals surface area contributed by atoms with E-state index in [1.807, 2.05) is 39.0 Å². The fourth-order valence-corrected chi connectivity index (χ4v) is 4.88. The van der Waals surface area contributed by atoms with E-state index in [-0.39, 0.29) is 18.1 Å². The molecule has 35 heavy (non-hydrogen) atoms. The minimum absolute atomic E-state index is 0.0777. The molecule has 2 aromatic heterocycles. The van der Waals surface area contributed by atoms with Crippen molar-refractivity contribution >= 4 is 17.7 Å². The molecule has 9 nitrogen and oxygen atoms in total. The van der Waals surface area contributed by atoms with Gasteiger partial charge in [0, 0.05) is 23.3 Å². The normalized spacial score (nSPS) is 19.9. The van der Waals surface area contributed by atoms with Crippen LogP contribution in [0.3, 0.4) is 0 Å². The van der Waals surface area contributed by atoms with E-state index in [9.17, 15) is 4.79 Å². The number of rotatable bonds is 3. The number of ether oxygens (including phenoxy) is 2. The van der Waals surface area contributed by atoms with Gasteiger partial charge in [-0.2, -0.15) is 0 Å². The summed E-state index contributed by atoms with van der Waals surface area (Å²) >= 11 is 6.34. The summed E-state index contributed by atoms with van der Waals surface area (Å²) in [6, 6.07) is 7.93. The summed E-state index contributed by atoms with van der Waals surface area (Å²) in [4.78, 5) is 23.0. The number of nitrogens with zero attached hydrogens (tertiary/aromatic N) is 6. The molecular weight excluding hydrogens is 468 g/mol. The SMILES string of the molecule is CC(C)(C)OC(=O)N1Cc2cc(Cl)ccc2-n2c(nnc2[C@H]2CC[C@H](Oc3ncccn3)CC2)C1. The molecule has 3 heterocycles. The molecular formula is C25H29ClN6O3. The topological polar surface area (TPSA) is 95.3 Å². The van der Waals surface area contributed by atoms with Crippen LogP contribution in [0.2, 0.25) is 5.02 Å². The van der Waals surface area contributed by atoms with Gasteiger partial charge in [0.2, 0.25) is 0 Å². The number of carbonyl (C=O) groups is 1. The fourth-order valence-electron chi connectivity index (χ4n) is 4.68. The minimum atomic E-state index is -0.592. The standard InChI is InChI=1S/C25H29ClN6O3/c1-25(2,3)35-24(33)31-14-17-13-18(26)7-10-20(17)32-21(15-31)29-30-22(32)16-5-8-19(9-6-16)34-23-27-11-4-12-28-23/h4,7,10-13,16,19H,5-6,8-9,14-15H2,1-3H3/t16-,19-. The van der Waals surface area contributed by atoms with E-state index in [2.05, 4.69) is 24.7 Å². The van der Waals surface area contributed by atoms with Gasteiger partial charge in [0.1, 0.15) is 17.5 Å². The Labute approximate surface area is 209 Å². The molecule has 0 radical (unpaired) electrons. The number of hydrogen-bond donors (Lipinski definition) is 0. The molecule has 1 aliphatic heterocycles. The molecule has 0 spiro atoms. The summed E-state index contributed by atoms with van der Waals surface area (Å²) in [7, 11) is 0. The molecule has 1 amide bonds. The average Bonchev–Trinajstić information content (AvgIpc) is 3.15. The fraction of sp³-hybridized carbons (Fsp3) is 0.480. The Morgan fingerprint density at radius 1 is 1.06 bits per heavy atom. The maximum atomic E-state index is 13.0. The summed E-state index contributed by atoms with van der Waals surface area (Å²) in [6.07, 6.45) is 6.64. The van der Waals surface area contributed by atoms with Crippen LogP contribution in [0.5, 0.6) is 6.01 Å². The van der Waals surface area contributed by atoms with Crippen molar-refractivity contribution in [3.63, 3.8) is 0 Å². The third-order valence-electron chi connectivity index (χ3n) is 6.24. The molecule has 1 aromatic carbocycles. The number of carbonyl (C=O) groups excluding carboxylic acids is 1. The highest BCUT2D eigenvalue weighted by atomic mass is 35.5. The van der Waals surface area contributed by atoms with Crippen LogP contribution in [-0.4, -0.2) is 47.4 Å². The van der Waals surface area contributed by atoms with Crippen LogP contribution in [0.1, 0.15) is 69.6 Å². The minimum Gasteiger partial charge on any atom is -0.460 e. The molecule has 10 heteroatoms. The summed E-state index contributed by atoms with van der Waals surface area (Å²) in [5, 5.41) is 9.72. The first kappa shape index (κ1) is 23.5. The van der Waals surface area contributed by atoms with E-state index >= 15 is 0 Å². The highest BCUT2D eigenvalue weighted by Crippen LogP contribution is 2.37. The van der Waals surface area contributed by atoms with Gasteiger partial charge in [-0.25, -0.2) is 14.8 Å². The second-order valence-electron chi connectivity index (χ2n) is 10.0. The molecule has 0 unspecified atom stereocenters. The lowest BCUT2D eigenvalue weighted by Crippen LogP contribution is -2.35. The summed E-state index contributed by atoms with van der Waals surface area (Å²) < 4.78 is 13.7. The van der Waals surface area contributed by atoms with Crippen molar-refractivity contribution in [3.8, 4) is 11.7 Å². The number of aromatic nitrogens is 5. The highest BCUT2D eigenvalue weighted by Gasteiger charge is 2.33. The number of hydrogen-bond acceptors (Lipinski definition) is 7. The van der Waals surface area contributed by atoms with Crippen LogP contribution < -0.4 is 4.74 Å². The van der Waals surface area contributed by atoms with E-state index in [1.165, 1.54) is 0 Å². The zero-order valence-electron chi connectivity index (χ0n) is 20.1. The van der Waals surface area contributed by atoms with Crippen molar-refractivity contribution in [2.75, 3.05) is 0 Å². The van der Waals surface area contributed by atoms with Crippen LogP contribution in [0.4, 0.5) is 4.79 Å². The largest absolute Gasteiger partial charge is 0.460 e. The Hall–Kier alpha value is -3.20. The third kappa shape index (κ3) is 5.24. The van der Waals surface area contributed by atoms with Crippen LogP contribution in [0.25, 0.3) is 5.69 Å². The van der Waals surface area contributed by atoms with Gasteiger partial charge in [0.05, 0.1) is 18.8 Å². The first-order valence-corrected chi connectivity index (χ1v) is 12.3. The average molecular weight is 497 g/mol. The van der Waals surface area contributed by atoms with Gasteiger partial charge in [0.25, 0.3) is 0 Å². The van der Waals surface area contributed by atoms with Gasteiger partial charge in [-0.05, 0) is 76.3 Å². The van der Waals surface area contributed by atoms with E-state index in [4.69, 9.17) is 21.1 Å². The number of amides is 1. The van der Waals surface area contributed by atoms with E-state index < -0.39 is 5.60 Å². The second-order valence-corrected chi connectivity index (χ2v) is 10.5. The molecule has 3 aromatic rings. The number of benzene rings is 1. The number of halogens is 1. The van der Waals surface area contributed by atoms with E-state index in [0.29, 0.717) is 29.9 Å². The van der Waals surface area contributed by atoms with Crippen molar-refractivity contribution in [1.29, 1.82) is 0 Å². The molecule has 5 rings (SSSR count). The molecule has 2 aliphatic rings. The van der Waals surface area contributed by atoms with Crippen LogP contribution in [-0.2, 0) is 17.8 Å². The van der Waals surface area contributed by atoms with Crippen molar-refractivity contribution in [2.45, 2.75) is 77.2 Å². The van der Waals surface area contributed by atoms with Gasteiger partial charge in [-0.3, -0.25) is 9.47 Å². The first-order chi connectivity index (χ1) is 16.8. The summed E-state index contributed by atoms with van der Waals surface area (Å²) in [5.74, 6) is 1.84. The third-order valence-corrected chi connectivity index (χ3v) is 6.47. The zero-order valence-corrected chi connectivity index (χ0v) is 20.9. The van der Waals surface area contributed by atoms with Crippen molar-refractivity contribution < 1.29 is 14.3 Å². The molecule has 0 atom stereocenters. The maximum absolute atomic E-state index is 13.0. The predicted molar refractivity (Wildman–Crippen MR) is 130 cm³/mol. The van der Waals surface area contributed by atoms with Crippen molar-refractivity contribution in [3.05, 3.63) is 58.9 Å². The lowest BCUT2D eigenvalue weighted by atomic mass is 9.86. The summed E-state index contributed by atoms with van der Waals surface area (Å²) in [5.41, 5.74) is 1.29. The quantitative estimate of drug-likeness (QED) is 0.499. The molecule has 1 aliphatic carbocycles. The molecule has 0 saturated heterocycles. The highest BCUT2D eigenvalue weighted by molar-refractivity contribution is 6.30. The molecule has 1 fully saturated rings. The Kier molecular flexibility index (Phi) is 6.35. The lowest BCUT2D eigenvalue weighted by molar-refractivity contribution is 0.0214. The molecule has 184 valence electrons. The van der Waals surface area contributed by atoms with Crippen LogP contribution in [0.15, 0.2) is 36.7 Å². The zero-order chi connectivity index (χ0) is 24.6. The van der Waals surface area contributed by atoms with Gasteiger partial charge in [0.15, 0.2) is 5.82 Å². The molecule has 0 N–H and O–H groups in total. The Morgan fingerprint density at radius 3 is 2.51 bits per heavy atom. The molecule has 1 saturated carbocycles. The molecule has 0 bridgehead atoms. The Balaban J connectivity index is 1.40. The van der Waals surface area contributed by atoms with Crippen LogP contribution >= 0.6 is 11.6 Å². The number of fused-ring (bicyclic) bond motifs is 3. The van der Waals surface area contributed by atoms with E-state index in [0.717, 1.165) is 42.8 Å². The van der Waals surface area contributed by atoms with Gasteiger partial charge in [-0.15, -0.1) is 10.2 Å². The second kappa shape index (κ2) is 9.45. The van der Waals surface area contributed by atoms with Gasteiger partial charge in [-0.1, -0.05) is 11.6 Å². The van der Waals surface area contributed by atoms with Crippen molar-refractivity contribution in [2.24, 2.45) is 0 Å². The van der Waals surface area contributed by atoms with E-state index in [1.54, 1.807) is 23.4 Å². The Bertz CT molecular complexity index is 1200. The van der Waals surface area contributed by atoms with Crippen molar-refractivity contribution in [1.82, 2.24) is 29.6 Å². The smallest absolute Gasteiger partial charge is 0.411 e. The van der Waals surface area contributed by atoms with Gasteiger partial charge < -0.3 is 9.47 Å². The maximum Gasteiger partial charge on any atom is 0.411 e. The predicted octanol–water partition coefficient (Wildman–Crippen LogP) is 5.07. The monoisotopic (exact) mass is 496 g/mol. The first-order valence-electron chi connectivity index (χ1n) is 11.9. The lowest BCUT2D eigenvalue weighted by Gasteiger charge is -2.28. The Morgan fingerprint density at radius 2 is 1.80 bits per heavy atom.